The fourth-order valence-electron chi connectivity index (χ4n) is 1.60. The molecule has 0 aliphatic rings. The Morgan fingerprint density at radius 2 is 1.84 bits per heavy atom. The molecular formula is C13H14Br2N4. The van der Waals surface area contributed by atoms with E-state index >= 15 is 0 Å². The van der Waals surface area contributed by atoms with Gasteiger partial charge in [-0.25, -0.2) is 9.97 Å². The van der Waals surface area contributed by atoms with Crippen molar-refractivity contribution in [2.45, 2.75) is 20.3 Å². The molecule has 1 heterocycles. The Morgan fingerprint density at radius 3 is 2.42 bits per heavy atom. The molecule has 3 N–H and O–H groups in total. The SMILES string of the molecule is CCc1nc(N)c(C)c(Nc2c(Br)cccc2Br)n1. The van der Waals surface area contributed by atoms with Crippen LogP contribution in [0.15, 0.2) is 27.1 Å². The van der Waals surface area contributed by atoms with Crippen LogP contribution in [0.1, 0.15) is 18.3 Å². The Bertz CT molecular complexity index is 594. The van der Waals surface area contributed by atoms with Gasteiger partial charge in [0.2, 0.25) is 0 Å². The van der Waals surface area contributed by atoms with Gasteiger partial charge in [-0.1, -0.05) is 13.0 Å². The van der Waals surface area contributed by atoms with E-state index in [0.717, 1.165) is 38.3 Å². The van der Waals surface area contributed by atoms with Gasteiger partial charge < -0.3 is 11.1 Å². The Kier molecular flexibility index (Phi) is 4.42. The molecule has 2 aromatic rings. The van der Waals surface area contributed by atoms with Gasteiger partial charge in [0.1, 0.15) is 17.5 Å². The topological polar surface area (TPSA) is 63.8 Å². The van der Waals surface area contributed by atoms with E-state index < -0.39 is 0 Å². The van der Waals surface area contributed by atoms with Crippen LogP contribution in [0.3, 0.4) is 0 Å². The van der Waals surface area contributed by atoms with Crippen LogP contribution in [-0.2, 0) is 6.42 Å². The monoisotopic (exact) mass is 384 g/mol. The number of rotatable bonds is 3. The molecule has 0 atom stereocenters. The first kappa shape index (κ1) is 14.3. The zero-order chi connectivity index (χ0) is 14.0. The van der Waals surface area contributed by atoms with Crippen molar-refractivity contribution < 1.29 is 0 Å². The minimum atomic E-state index is 0.512. The number of nitrogens with one attached hydrogen (secondary N) is 1. The summed E-state index contributed by atoms with van der Waals surface area (Å²) in [6, 6.07) is 5.89. The molecule has 0 radical (unpaired) electrons. The van der Waals surface area contributed by atoms with Crippen LogP contribution in [0.4, 0.5) is 17.3 Å². The molecule has 0 saturated heterocycles. The molecule has 6 heteroatoms. The molecule has 4 nitrogen and oxygen atoms in total. The van der Waals surface area contributed by atoms with Gasteiger partial charge in [-0.2, -0.15) is 0 Å². The number of nitrogens with zero attached hydrogens (tertiary/aromatic N) is 2. The van der Waals surface area contributed by atoms with E-state index in [-0.39, 0.29) is 0 Å². The van der Waals surface area contributed by atoms with Gasteiger partial charge in [-0.3, -0.25) is 0 Å². The van der Waals surface area contributed by atoms with E-state index in [4.69, 9.17) is 5.73 Å². The number of para-hydroxylation sites is 1. The van der Waals surface area contributed by atoms with E-state index in [1.54, 1.807) is 0 Å². The van der Waals surface area contributed by atoms with Crippen molar-refractivity contribution in [2.75, 3.05) is 11.1 Å². The number of nitrogen functional groups attached to an aromatic ring is 1. The highest BCUT2D eigenvalue weighted by atomic mass is 79.9. The van der Waals surface area contributed by atoms with Crippen LogP contribution in [0.2, 0.25) is 0 Å². The van der Waals surface area contributed by atoms with Crippen LogP contribution in [0, 0.1) is 6.92 Å². The first-order chi connectivity index (χ1) is 9.02. The highest BCUT2D eigenvalue weighted by Crippen LogP contribution is 2.33. The molecule has 0 aliphatic heterocycles. The van der Waals surface area contributed by atoms with Gasteiger partial charge in [0.05, 0.1) is 5.69 Å². The van der Waals surface area contributed by atoms with Crippen molar-refractivity contribution in [3.63, 3.8) is 0 Å². The van der Waals surface area contributed by atoms with E-state index in [2.05, 4.69) is 47.1 Å². The smallest absolute Gasteiger partial charge is 0.139 e. The summed E-state index contributed by atoms with van der Waals surface area (Å²) >= 11 is 7.03. The summed E-state index contributed by atoms with van der Waals surface area (Å²) < 4.78 is 1.91. The maximum atomic E-state index is 5.91. The number of aromatic nitrogens is 2. The molecule has 0 unspecified atom stereocenters. The Balaban J connectivity index is 2.46. The maximum absolute atomic E-state index is 5.91. The zero-order valence-corrected chi connectivity index (χ0v) is 13.8. The molecule has 1 aromatic carbocycles. The molecule has 0 saturated carbocycles. The summed E-state index contributed by atoms with van der Waals surface area (Å²) in [5.74, 6) is 1.98. The van der Waals surface area contributed by atoms with Gasteiger partial charge in [0, 0.05) is 20.9 Å². The van der Waals surface area contributed by atoms with Gasteiger partial charge in [-0.05, 0) is 50.9 Å². The quantitative estimate of drug-likeness (QED) is 0.830. The molecule has 0 spiro atoms. The van der Waals surface area contributed by atoms with Crippen molar-refractivity contribution in [3.05, 3.63) is 38.5 Å². The molecule has 0 aliphatic carbocycles. The van der Waals surface area contributed by atoms with Crippen molar-refractivity contribution in [1.29, 1.82) is 0 Å². The van der Waals surface area contributed by atoms with E-state index in [1.165, 1.54) is 0 Å². The lowest BCUT2D eigenvalue weighted by atomic mass is 10.2. The predicted octanol–water partition coefficient (Wildman–Crippen LogP) is 4.20. The Hall–Kier alpha value is -1.14. The normalized spacial score (nSPS) is 10.5. The number of benzene rings is 1. The van der Waals surface area contributed by atoms with Crippen molar-refractivity contribution >= 4 is 49.2 Å². The Labute approximate surface area is 129 Å². The van der Waals surface area contributed by atoms with Crippen LogP contribution in [0.5, 0.6) is 0 Å². The number of nitrogens with two attached hydrogens (primary N) is 1. The van der Waals surface area contributed by atoms with Crippen LogP contribution >= 0.6 is 31.9 Å². The standard InChI is InChI=1S/C13H14Br2N4/c1-3-10-17-12(16)7(2)13(18-10)19-11-8(14)5-4-6-9(11)15/h4-6H,3H2,1-2H3,(H3,16,17,18,19). The summed E-state index contributed by atoms with van der Waals surface area (Å²) in [6.45, 7) is 3.91. The third-order valence-electron chi connectivity index (χ3n) is 2.75. The lowest BCUT2D eigenvalue weighted by Crippen LogP contribution is -2.07. The summed E-state index contributed by atoms with van der Waals surface area (Å²) in [5, 5.41) is 3.30. The first-order valence-corrected chi connectivity index (χ1v) is 7.45. The summed E-state index contributed by atoms with van der Waals surface area (Å²) in [7, 11) is 0. The molecule has 0 amide bonds. The van der Waals surface area contributed by atoms with Crippen molar-refractivity contribution in [2.24, 2.45) is 0 Å². The van der Waals surface area contributed by atoms with Gasteiger partial charge >= 0.3 is 0 Å². The maximum Gasteiger partial charge on any atom is 0.139 e. The molecule has 0 fully saturated rings. The number of hydrogen-bond acceptors (Lipinski definition) is 4. The van der Waals surface area contributed by atoms with Crippen LogP contribution in [-0.4, -0.2) is 9.97 Å². The molecule has 1 aromatic heterocycles. The lowest BCUT2D eigenvalue weighted by molar-refractivity contribution is 0.940. The average molecular weight is 386 g/mol. The second-order valence-electron chi connectivity index (χ2n) is 4.07. The van der Waals surface area contributed by atoms with Crippen molar-refractivity contribution in [3.8, 4) is 0 Å². The Morgan fingerprint density at radius 1 is 1.21 bits per heavy atom. The molecule has 19 heavy (non-hydrogen) atoms. The fourth-order valence-corrected chi connectivity index (χ4v) is 2.79. The molecule has 100 valence electrons. The first-order valence-electron chi connectivity index (χ1n) is 5.87. The fraction of sp³-hybridized carbons (Fsp3) is 0.231. The zero-order valence-electron chi connectivity index (χ0n) is 10.7. The van der Waals surface area contributed by atoms with Crippen molar-refractivity contribution in [1.82, 2.24) is 9.97 Å². The summed E-state index contributed by atoms with van der Waals surface area (Å²) in [4.78, 5) is 8.73. The van der Waals surface area contributed by atoms with E-state index in [0.29, 0.717) is 5.82 Å². The van der Waals surface area contributed by atoms with Gasteiger partial charge in [-0.15, -0.1) is 0 Å². The number of aryl methyl sites for hydroxylation is 1. The second-order valence-corrected chi connectivity index (χ2v) is 5.78. The van der Waals surface area contributed by atoms with Crippen LogP contribution in [0.25, 0.3) is 0 Å². The predicted molar refractivity (Wildman–Crippen MR) is 85.7 cm³/mol. The minimum Gasteiger partial charge on any atom is -0.383 e. The molecule has 2 rings (SSSR count). The number of anilines is 3. The van der Waals surface area contributed by atoms with Crippen LogP contribution < -0.4 is 11.1 Å². The molecule has 0 bridgehead atoms. The highest BCUT2D eigenvalue weighted by Gasteiger charge is 2.11. The lowest BCUT2D eigenvalue weighted by Gasteiger charge is -2.14. The number of hydrogen-bond donors (Lipinski definition) is 2. The largest absolute Gasteiger partial charge is 0.383 e. The van der Waals surface area contributed by atoms with Gasteiger partial charge in [0.15, 0.2) is 0 Å². The minimum absolute atomic E-state index is 0.512. The average Bonchev–Trinajstić information content (AvgIpc) is 2.38. The summed E-state index contributed by atoms with van der Waals surface area (Å²) in [5.41, 5.74) is 7.68. The second kappa shape index (κ2) is 5.88. The number of halogens is 2. The van der Waals surface area contributed by atoms with E-state index in [9.17, 15) is 0 Å². The highest BCUT2D eigenvalue weighted by molar-refractivity contribution is 9.11. The summed E-state index contributed by atoms with van der Waals surface area (Å²) in [6.07, 6.45) is 0.746. The third kappa shape index (κ3) is 3.06. The third-order valence-corrected chi connectivity index (χ3v) is 4.07. The van der Waals surface area contributed by atoms with E-state index in [1.807, 2.05) is 32.0 Å². The van der Waals surface area contributed by atoms with Gasteiger partial charge in [0.25, 0.3) is 0 Å². The molecular weight excluding hydrogens is 372 g/mol.